The number of esters is 1. The predicted molar refractivity (Wildman–Crippen MR) is 120 cm³/mol. The fourth-order valence-electron chi connectivity index (χ4n) is 2.83. The van der Waals surface area contributed by atoms with Crippen LogP contribution in [-0.2, 0) is 18.6 Å². The van der Waals surface area contributed by atoms with Crippen LogP contribution in [0.4, 0.5) is 0 Å². The number of aliphatic hydroxyl groups excluding tert-OH is 1. The van der Waals surface area contributed by atoms with Crippen molar-refractivity contribution in [2.45, 2.75) is 103 Å². The molecule has 0 rings (SSSR count). The van der Waals surface area contributed by atoms with Gasteiger partial charge in [0.05, 0.1) is 6.61 Å². The van der Waals surface area contributed by atoms with Gasteiger partial charge in [0.2, 0.25) is 0 Å². The van der Waals surface area contributed by atoms with Crippen LogP contribution in [0.25, 0.3) is 0 Å². The molecule has 0 bridgehead atoms. The molecule has 173 valence electrons. The van der Waals surface area contributed by atoms with Crippen molar-refractivity contribution in [1.29, 1.82) is 0 Å². The first kappa shape index (κ1) is 32.5. The minimum Gasteiger partial charge on any atom is -0.463 e. The molecule has 0 saturated carbocycles. The summed E-state index contributed by atoms with van der Waals surface area (Å²) in [5.74, 6) is -0.419. The summed E-state index contributed by atoms with van der Waals surface area (Å²) >= 11 is 0. The number of carbonyl (C=O) groups is 1. The van der Waals surface area contributed by atoms with Crippen molar-refractivity contribution < 1.29 is 33.5 Å². The van der Waals surface area contributed by atoms with E-state index in [0.717, 1.165) is 32.1 Å². The summed E-state index contributed by atoms with van der Waals surface area (Å²) in [6.45, 7) is 1.33. The van der Waals surface area contributed by atoms with Gasteiger partial charge in [-0.15, -0.1) is 0 Å². The number of hydrogen-bond donors (Lipinski definition) is 3. The molecule has 1 radical (unpaired) electrons. The molecule has 3 N–H and O–H groups in total. The van der Waals surface area contributed by atoms with Gasteiger partial charge in [0, 0.05) is 36.0 Å². The van der Waals surface area contributed by atoms with Crippen molar-refractivity contribution in [3.05, 3.63) is 12.2 Å². The van der Waals surface area contributed by atoms with Gasteiger partial charge < -0.3 is 19.6 Å². The van der Waals surface area contributed by atoms with Crippen molar-refractivity contribution in [2.75, 3.05) is 13.2 Å². The van der Waals surface area contributed by atoms with Crippen LogP contribution < -0.4 is 0 Å². The summed E-state index contributed by atoms with van der Waals surface area (Å²) in [4.78, 5) is 28.6. The molecule has 0 saturated heterocycles. The fourth-order valence-corrected chi connectivity index (χ4v) is 3.20. The van der Waals surface area contributed by atoms with Crippen LogP contribution in [0.1, 0.15) is 96.8 Å². The second-order valence-electron chi connectivity index (χ2n) is 7.46. The van der Waals surface area contributed by atoms with E-state index in [2.05, 4.69) is 23.6 Å². The molecule has 0 spiro atoms. The van der Waals surface area contributed by atoms with E-state index in [0.29, 0.717) is 0 Å². The number of carbonyl (C=O) groups excluding carboxylic acids is 1. The molecule has 0 fully saturated rings. The number of allylic oxidation sites excluding steroid dienone is 2. The molecule has 30 heavy (non-hydrogen) atoms. The molecule has 0 heterocycles. The number of phosphoric acid groups is 1. The van der Waals surface area contributed by atoms with Crippen molar-refractivity contribution in [1.82, 2.24) is 0 Å². The normalized spacial score (nSPS) is 12.7. The molecule has 9 heteroatoms. The number of phosphoric ester groups is 1. The Morgan fingerprint density at radius 1 is 0.867 bits per heavy atom. The van der Waals surface area contributed by atoms with Gasteiger partial charge >= 0.3 is 13.8 Å². The number of unbranched alkanes of at least 4 members (excludes halogenated alkanes) is 11. The summed E-state index contributed by atoms with van der Waals surface area (Å²) in [7, 11) is -4.62. The fraction of sp³-hybridized carbons (Fsp3) is 0.857. The van der Waals surface area contributed by atoms with Gasteiger partial charge in [0.1, 0.15) is 12.7 Å². The molecule has 7 nitrogen and oxygen atoms in total. The standard InChI is InChI=1S/C21H41O7P.Na/c1-2-3-4-5-6-7-8-9-10-11-12-13-14-15-16-17-21(23)27-18-20(22)19-28-29(24,25)26;/h9-10,20,22H,2-8,11-19H2,1H3,(H2,24,25,26);/b10-9-;. The minimum absolute atomic E-state index is 0. The second kappa shape index (κ2) is 22.5. The monoisotopic (exact) mass is 459 g/mol. The molecule has 0 aromatic carbocycles. The zero-order valence-corrected chi connectivity index (χ0v) is 21.9. The maximum absolute atomic E-state index is 11.5. The molecule has 0 aromatic heterocycles. The largest absolute Gasteiger partial charge is 0.469 e. The van der Waals surface area contributed by atoms with E-state index in [9.17, 15) is 14.5 Å². The third-order valence-corrected chi connectivity index (χ3v) is 5.00. The molecule has 0 aliphatic heterocycles. The zero-order chi connectivity index (χ0) is 21.8. The molecule has 0 aliphatic rings. The van der Waals surface area contributed by atoms with Crippen LogP contribution in [0.2, 0.25) is 0 Å². The first-order valence-electron chi connectivity index (χ1n) is 11.0. The van der Waals surface area contributed by atoms with Gasteiger partial charge in [-0.3, -0.25) is 9.32 Å². The molecule has 0 aromatic rings. The Balaban J connectivity index is 0. The Hall–Kier alpha value is 0.280. The second-order valence-corrected chi connectivity index (χ2v) is 8.70. The summed E-state index contributed by atoms with van der Waals surface area (Å²) in [5, 5.41) is 9.41. The van der Waals surface area contributed by atoms with Crippen molar-refractivity contribution in [2.24, 2.45) is 0 Å². The van der Waals surface area contributed by atoms with Gasteiger partial charge in [-0.25, -0.2) is 4.57 Å². The van der Waals surface area contributed by atoms with Gasteiger partial charge in [-0.1, -0.05) is 70.4 Å². The van der Waals surface area contributed by atoms with E-state index in [4.69, 9.17) is 14.5 Å². The molecular weight excluding hydrogens is 418 g/mol. The van der Waals surface area contributed by atoms with Gasteiger partial charge in [-0.05, 0) is 32.1 Å². The molecular formula is C21H41NaO7P. The molecule has 0 amide bonds. The van der Waals surface area contributed by atoms with Gasteiger partial charge in [0.25, 0.3) is 0 Å². The average molecular weight is 460 g/mol. The Morgan fingerprint density at radius 3 is 1.90 bits per heavy atom. The molecule has 1 unspecified atom stereocenters. The van der Waals surface area contributed by atoms with Crippen molar-refractivity contribution in [3.63, 3.8) is 0 Å². The van der Waals surface area contributed by atoms with Crippen LogP contribution >= 0.6 is 7.82 Å². The van der Waals surface area contributed by atoms with E-state index < -0.39 is 26.5 Å². The Morgan fingerprint density at radius 2 is 1.37 bits per heavy atom. The third-order valence-electron chi connectivity index (χ3n) is 4.51. The Bertz CT molecular complexity index is 468. The quantitative estimate of drug-likeness (QED) is 0.0798. The summed E-state index contributed by atoms with van der Waals surface area (Å²) in [6.07, 6.45) is 19.0. The minimum atomic E-state index is -4.62. The Kier molecular flexibility index (Phi) is 24.3. The smallest absolute Gasteiger partial charge is 0.463 e. The van der Waals surface area contributed by atoms with Crippen LogP contribution in [-0.4, -0.2) is 69.7 Å². The van der Waals surface area contributed by atoms with E-state index in [1.165, 1.54) is 51.4 Å². The van der Waals surface area contributed by atoms with E-state index in [-0.39, 0.29) is 42.6 Å². The van der Waals surface area contributed by atoms with Crippen LogP contribution in [0, 0.1) is 0 Å². The number of aliphatic hydroxyl groups is 1. The molecule has 0 aliphatic carbocycles. The van der Waals surface area contributed by atoms with E-state index in [1.807, 2.05) is 0 Å². The third kappa shape index (κ3) is 26.3. The summed E-state index contributed by atoms with van der Waals surface area (Å²) in [5.41, 5.74) is 0. The van der Waals surface area contributed by atoms with Crippen molar-refractivity contribution >= 4 is 43.3 Å². The van der Waals surface area contributed by atoms with Gasteiger partial charge in [0.15, 0.2) is 0 Å². The number of ether oxygens (including phenoxy) is 1. The first-order chi connectivity index (χ1) is 13.8. The van der Waals surface area contributed by atoms with Crippen LogP contribution in [0.15, 0.2) is 12.2 Å². The number of rotatable bonds is 20. The SMILES string of the molecule is CCCCCCCC/C=C\CCCCCCCC(=O)OCC(O)COP(=O)(O)O.[Na]. The summed E-state index contributed by atoms with van der Waals surface area (Å²) < 4.78 is 19.5. The predicted octanol–water partition coefficient (Wildman–Crippen LogP) is 4.66. The Labute approximate surface area is 204 Å². The maximum Gasteiger partial charge on any atom is 0.469 e. The summed E-state index contributed by atoms with van der Waals surface area (Å²) in [6, 6.07) is 0. The topological polar surface area (TPSA) is 113 Å². The molecule has 1 atom stereocenters. The maximum atomic E-state index is 11.5. The average Bonchev–Trinajstić information content (AvgIpc) is 2.67. The van der Waals surface area contributed by atoms with Crippen LogP contribution in [0.3, 0.4) is 0 Å². The number of hydrogen-bond acceptors (Lipinski definition) is 5. The first-order valence-corrected chi connectivity index (χ1v) is 12.6. The van der Waals surface area contributed by atoms with E-state index in [1.54, 1.807) is 0 Å². The van der Waals surface area contributed by atoms with Crippen LogP contribution in [0.5, 0.6) is 0 Å². The van der Waals surface area contributed by atoms with E-state index >= 15 is 0 Å². The van der Waals surface area contributed by atoms with Gasteiger partial charge in [-0.2, -0.15) is 0 Å². The van der Waals surface area contributed by atoms with Crippen molar-refractivity contribution in [3.8, 4) is 0 Å². The zero-order valence-electron chi connectivity index (χ0n) is 19.0.